The topological polar surface area (TPSA) is 59.8 Å². The van der Waals surface area contributed by atoms with Crippen molar-refractivity contribution in [1.82, 2.24) is 14.8 Å². The number of benzene rings is 2. The Bertz CT molecular complexity index is 962. The van der Waals surface area contributed by atoms with Gasteiger partial charge in [0.15, 0.2) is 5.16 Å². The van der Waals surface area contributed by atoms with Gasteiger partial charge in [0.2, 0.25) is 5.91 Å². The van der Waals surface area contributed by atoms with Crippen molar-refractivity contribution < 1.29 is 13.6 Å². The van der Waals surface area contributed by atoms with E-state index in [0.29, 0.717) is 18.1 Å². The molecule has 0 aliphatic rings. The quantitative estimate of drug-likeness (QED) is 0.599. The first-order chi connectivity index (χ1) is 13.5. The third-order valence-electron chi connectivity index (χ3n) is 4.16. The Morgan fingerprint density at radius 2 is 1.93 bits per heavy atom. The molecule has 1 heterocycles. The first-order valence-corrected chi connectivity index (χ1v) is 9.74. The van der Waals surface area contributed by atoms with Crippen molar-refractivity contribution in [3.05, 3.63) is 71.6 Å². The summed E-state index contributed by atoms with van der Waals surface area (Å²) in [6.45, 7) is 4.35. The van der Waals surface area contributed by atoms with Crippen LogP contribution in [0.3, 0.4) is 0 Å². The maximum atomic E-state index is 13.7. The molecule has 0 saturated carbocycles. The Balaban J connectivity index is 1.69. The zero-order valence-corrected chi connectivity index (χ0v) is 16.3. The third kappa shape index (κ3) is 4.75. The Morgan fingerprint density at radius 3 is 2.61 bits per heavy atom. The van der Waals surface area contributed by atoms with Crippen molar-refractivity contribution in [2.24, 2.45) is 0 Å². The highest BCUT2D eigenvalue weighted by Crippen LogP contribution is 2.25. The first kappa shape index (κ1) is 20.0. The average molecular weight is 402 g/mol. The highest BCUT2D eigenvalue weighted by molar-refractivity contribution is 8.00. The van der Waals surface area contributed by atoms with E-state index in [1.165, 1.54) is 17.8 Å². The van der Waals surface area contributed by atoms with Crippen molar-refractivity contribution in [1.29, 1.82) is 0 Å². The minimum atomic E-state index is -0.813. The van der Waals surface area contributed by atoms with Crippen molar-refractivity contribution in [2.75, 3.05) is 5.32 Å². The standard InChI is InChI=1S/C20H20F2N4OS/c1-3-26-18(11-14-7-5-4-6-8-14)24-25-20(26)28-13(2)19(27)23-17-10-9-15(21)12-16(17)22/h4-10,12-13H,3,11H2,1-2H3,(H,23,27)/t13-/m0/s1. The molecule has 8 heteroatoms. The molecule has 1 atom stereocenters. The second kappa shape index (κ2) is 8.97. The fraction of sp³-hybridized carbons (Fsp3) is 0.250. The fourth-order valence-electron chi connectivity index (χ4n) is 2.67. The molecule has 0 unspecified atom stereocenters. The van der Waals surface area contributed by atoms with E-state index < -0.39 is 22.8 Å². The van der Waals surface area contributed by atoms with E-state index in [4.69, 9.17) is 0 Å². The van der Waals surface area contributed by atoms with Crippen LogP contribution in [0.5, 0.6) is 0 Å². The van der Waals surface area contributed by atoms with E-state index in [9.17, 15) is 13.6 Å². The minimum Gasteiger partial charge on any atom is -0.323 e. The molecule has 0 aliphatic carbocycles. The second-order valence-corrected chi connectivity index (χ2v) is 7.49. The molecular weight excluding hydrogens is 382 g/mol. The number of carbonyl (C=O) groups excluding carboxylic acids is 1. The molecule has 2 aromatic carbocycles. The van der Waals surface area contributed by atoms with Crippen LogP contribution in [0.15, 0.2) is 53.7 Å². The summed E-state index contributed by atoms with van der Waals surface area (Å²) in [5.41, 5.74) is 1.07. The summed E-state index contributed by atoms with van der Waals surface area (Å²) in [5, 5.41) is 11.0. The number of halogens is 2. The van der Waals surface area contributed by atoms with Crippen molar-refractivity contribution in [3.63, 3.8) is 0 Å². The van der Waals surface area contributed by atoms with E-state index in [1.807, 2.05) is 41.8 Å². The summed E-state index contributed by atoms with van der Waals surface area (Å²) in [6, 6.07) is 13.0. The van der Waals surface area contributed by atoms with E-state index in [2.05, 4.69) is 15.5 Å². The molecule has 0 radical (unpaired) electrons. The number of nitrogens with one attached hydrogen (secondary N) is 1. The van der Waals surface area contributed by atoms with Crippen molar-refractivity contribution in [3.8, 4) is 0 Å². The predicted octanol–water partition coefficient (Wildman–Crippen LogP) is 4.29. The van der Waals surface area contributed by atoms with Crippen molar-refractivity contribution in [2.45, 2.75) is 37.2 Å². The third-order valence-corrected chi connectivity index (χ3v) is 5.24. The molecular formula is C20H20F2N4OS. The monoisotopic (exact) mass is 402 g/mol. The van der Waals surface area contributed by atoms with Gasteiger partial charge in [0, 0.05) is 19.0 Å². The number of anilines is 1. The Hall–Kier alpha value is -2.74. The molecule has 28 heavy (non-hydrogen) atoms. The lowest BCUT2D eigenvalue weighted by atomic mass is 10.1. The molecule has 0 fully saturated rings. The van der Waals surface area contributed by atoms with Crippen LogP contribution in [0.25, 0.3) is 0 Å². The fourth-order valence-corrected chi connectivity index (χ4v) is 3.60. The number of aromatic nitrogens is 3. The maximum Gasteiger partial charge on any atom is 0.237 e. The van der Waals surface area contributed by atoms with Gasteiger partial charge in [-0.25, -0.2) is 8.78 Å². The largest absolute Gasteiger partial charge is 0.323 e. The van der Waals surface area contributed by atoms with E-state index in [-0.39, 0.29) is 5.69 Å². The van der Waals surface area contributed by atoms with Gasteiger partial charge in [-0.2, -0.15) is 0 Å². The summed E-state index contributed by atoms with van der Waals surface area (Å²) in [4.78, 5) is 12.4. The summed E-state index contributed by atoms with van der Waals surface area (Å²) in [5.74, 6) is -1.09. The second-order valence-electron chi connectivity index (χ2n) is 6.18. The number of hydrogen-bond acceptors (Lipinski definition) is 4. The molecule has 3 rings (SSSR count). The number of nitrogens with zero attached hydrogens (tertiary/aromatic N) is 3. The number of hydrogen-bond donors (Lipinski definition) is 1. The highest BCUT2D eigenvalue weighted by atomic mass is 32.2. The number of thioether (sulfide) groups is 1. The predicted molar refractivity (Wildman–Crippen MR) is 105 cm³/mol. The molecule has 5 nitrogen and oxygen atoms in total. The molecule has 0 bridgehead atoms. The Morgan fingerprint density at radius 1 is 1.18 bits per heavy atom. The van der Waals surface area contributed by atoms with Gasteiger partial charge in [0.05, 0.1) is 10.9 Å². The van der Waals surface area contributed by atoms with Gasteiger partial charge in [-0.05, 0) is 31.5 Å². The highest BCUT2D eigenvalue weighted by Gasteiger charge is 2.21. The van der Waals surface area contributed by atoms with Crippen LogP contribution >= 0.6 is 11.8 Å². The average Bonchev–Trinajstić information content (AvgIpc) is 3.05. The summed E-state index contributed by atoms with van der Waals surface area (Å²) >= 11 is 1.24. The Labute approximate surface area is 166 Å². The number of carbonyl (C=O) groups is 1. The lowest BCUT2D eigenvalue weighted by molar-refractivity contribution is -0.115. The smallest absolute Gasteiger partial charge is 0.237 e. The first-order valence-electron chi connectivity index (χ1n) is 8.86. The molecule has 0 spiro atoms. The summed E-state index contributed by atoms with van der Waals surface area (Å²) in [6.07, 6.45) is 0.642. The summed E-state index contributed by atoms with van der Waals surface area (Å²) in [7, 11) is 0. The summed E-state index contributed by atoms with van der Waals surface area (Å²) < 4.78 is 28.7. The van der Waals surface area contributed by atoms with Gasteiger partial charge < -0.3 is 9.88 Å². The zero-order chi connectivity index (χ0) is 20.1. The molecule has 0 aliphatic heterocycles. The van der Waals surface area contributed by atoms with Crippen LogP contribution in [0, 0.1) is 11.6 Å². The zero-order valence-electron chi connectivity index (χ0n) is 15.5. The minimum absolute atomic E-state index is 0.0550. The number of rotatable bonds is 7. The van der Waals surface area contributed by atoms with Gasteiger partial charge in [-0.15, -0.1) is 10.2 Å². The molecule has 3 aromatic rings. The van der Waals surface area contributed by atoms with Crippen LogP contribution in [0.2, 0.25) is 0 Å². The molecule has 0 saturated heterocycles. The van der Waals surface area contributed by atoms with Gasteiger partial charge in [-0.1, -0.05) is 42.1 Å². The Kier molecular flexibility index (Phi) is 6.41. The van der Waals surface area contributed by atoms with E-state index in [1.54, 1.807) is 6.92 Å². The van der Waals surface area contributed by atoms with Crippen LogP contribution in [-0.2, 0) is 17.8 Å². The van der Waals surface area contributed by atoms with Crippen molar-refractivity contribution >= 4 is 23.4 Å². The van der Waals surface area contributed by atoms with Crippen LogP contribution < -0.4 is 5.32 Å². The van der Waals surface area contributed by atoms with Crippen LogP contribution in [-0.4, -0.2) is 25.9 Å². The SMILES string of the molecule is CCn1c(Cc2ccccc2)nnc1S[C@@H](C)C(=O)Nc1ccc(F)cc1F. The molecule has 146 valence electrons. The lowest BCUT2D eigenvalue weighted by Gasteiger charge is -2.13. The number of amides is 1. The van der Waals surface area contributed by atoms with Crippen LogP contribution in [0.1, 0.15) is 25.2 Å². The maximum absolute atomic E-state index is 13.7. The van der Waals surface area contributed by atoms with E-state index in [0.717, 1.165) is 23.5 Å². The van der Waals surface area contributed by atoms with Gasteiger partial charge in [0.25, 0.3) is 0 Å². The molecule has 1 amide bonds. The lowest BCUT2D eigenvalue weighted by Crippen LogP contribution is -2.23. The van der Waals surface area contributed by atoms with Gasteiger partial charge >= 0.3 is 0 Å². The van der Waals surface area contributed by atoms with Gasteiger partial charge in [-0.3, -0.25) is 4.79 Å². The van der Waals surface area contributed by atoms with Gasteiger partial charge in [0.1, 0.15) is 17.5 Å². The van der Waals surface area contributed by atoms with Crippen LogP contribution in [0.4, 0.5) is 14.5 Å². The normalized spacial score (nSPS) is 12.0. The molecule has 1 N–H and O–H groups in total. The van der Waals surface area contributed by atoms with E-state index >= 15 is 0 Å². The molecule has 1 aromatic heterocycles.